The van der Waals surface area contributed by atoms with Crippen molar-refractivity contribution in [1.82, 2.24) is 4.90 Å². The first-order valence-electron chi connectivity index (χ1n) is 7.67. The zero-order valence-corrected chi connectivity index (χ0v) is 12.5. The van der Waals surface area contributed by atoms with Crippen LogP contribution in [0.4, 0.5) is 0 Å². The molecule has 0 saturated carbocycles. The fraction of sp³-hybridized carbons (Fsp3) is 0.529. The van der Waals surface area contributed by atoms with Gasteiger partial charge in [-0.15, -0.1) is 0 Å². The molecule has 1 heterocycles. The number of carbonyl (C=O) groups is 1. The van der Waals surface area contributed by atoms with Gasteiger partial charge in [0.05, 0.1) is 5.56 Å². The van der Waals surface area contributed by atoms with E-state index < -0.39 is 0 Å². The standard InChI is InChI=1S/C17H22N2O2/c1-2-7-15-9-5-6-11-19(15)17(20)13-21-16-10-4-3-8-14(16)12-18/h3-4,8,10,15H,2,5-7,9,11,13H2,1H3. The topological polar surface area (TPSA) is 53.3 Å². The lowest BCUT2D eigenvalue weighted by Crippen LogP contribution is -2.45. The third kappa shape index (κ3) is 3.98. The summed E-state index contributed by atoms with van der Waals surface area (Å²) in [5.41, 5.74) is 0.467. The molecule has 21 heavy (non-hydrogen) atoms. The molecule has 1 fully saturated rings. The summed E-state index contributed by atoms with van der Waals surface area (Å²) in [5, 5.41) is 9.02. The maximum atomic E-state index is 12.4. The van der Waals surface area contributed by atoms with Gasteiger partial charge in [-0.05, 0) is 37.8 Å². The van der Waals surface area contributed by atoms with Crippen LogP contribution < -0.4 is 4.74 Å². The molecule has 1 unspecified atom stereocenters. The number of ether oxygens (including phenoxy) is 1. The van der Waals surface area contributed by atoms with Crippen LogP contribution in [0.25, 0.3) is 0 Å². The molecule has 112 valence electrons. The lowest BCUT2D eigenvalue weighted by atomic mass is 9.98. The molecule has 1 aliphatic heterocycles. The number of para-hydroxylation sites is 1. The van der Waals surface area contributed by atoms with Gasteiger partial charge in [-0.3, -0.25) is 4.79 Å². The van der Waals surface area contributed by atoms with Gasteiger partial charge in [0.1, 0.15) is 11.8 Å². The molecule has 1 aromatic carbocycles. The van der Waals surface area contributed by atoms with E-state index in [-0.39, 0.29) is 12.5 Å². The summed E-state index contributed by atoms with van der Waals surface area (Å²) < 4.78 is 5.56. The predicted molar refractivity (Wildman–Crippen MR) is 80.9 cm³/mol. The van der Waals surface area contributed by atoms with Crippen molar-refractivity contribution in [3.05, 3.63) is 29.8 Å². The van der Waals surface area contributed by atoms with E-state index in [1.165, 1.54) is 6.42 Å². The first-order chi connectivity index (χ1) is 10.3. The van der Waals surface area contributed by atoms with Gasteiger partial charge in [0.15, 0.2) is 6.61 Å². The Morgan fingerprint density at radius 2 is 2.24 bits per heavy atom. The van der Waals surface area contributed by atoms with Crippen molar-refractivity contribution in [2.75, 3.05) is 13.2 Å². The second kappa shape index (κ2) is 7.68. The highest BCUT2D eigenvalue weighted by Crippen LogP contribution is 2.22. The molecule has 0 bridgehead atoms. The minimum absolute atomic E-state index is 0.0128. The van der Waals surface area contributed by atoms with Crippen molar-refractivity contribution in [3.63, 3.8) is 0 Å². The van der Waals surface area contributed by atoms with Crippen LogP contribution in [0.5, 0.6) is 5.75 Å². The van der Waals surface area contributed by atoms with E-state index in [1.54, 1.807) is 24.3 Å². The summed E-state index contributed by atoms with van der Waals surface area (Å²) in [5.74, 6) is 0.512. The summed E-state index contributed by atoms with van der Waals surface area (Å²) in [7, 11) is 0. The van der Waals surface area contributed by atoms with Crippen molar-refractivity contribution in [3.8, 4) is 11.8 Å². The second-order valence-corrected chi connectivity index (χ2v) is 5.42. The van der Waals surface area contributed by atoms with Gasteiger partial charge in [0, 0.05) is 12.6 Å². The second-order valence-electron chi connectivity index (χ2n) is 5.42. The molecule has 2 rings (SSSR count). The van der Waals surface area contributed by atoms with E-state index in [2.05, 4.69) is 13.0 Å². The van der Waals surface area contributed by atoms with E-state index >= 15 is 0 Å². The number of likely N-dealkylation sites (tertiary alicyclic amines) is 1. The lowest BCUT2D eigenvalue weighted by Gasteiger charge is -2.35. The molecule has 1 aromatic rings. The minimum atomic E-state index is 0.0128. The zero-order valence-electron chi connectivity index (χ0n) is 12.5. The maximum Gasteiger partial charge on any atom is 0.260 e. The first-order valence-corrected chi connectivity index (χ1v) is 7.67. The van der Waals surface area contributed by atoms with Crippen molar-refractivity contribution < 1.29 is 9.53 Å². The summed E-state index contributed by atoms with van der Waals surface area (Å²) in [6.07, 6.45) is 5.51. The molecule has 0 aliphatic carbocycles. The molecule has 0 aromatic heterocycles. The van der Waals surface area contributed by atoms with E-state index in [9.17, 15) is 4.79 Å². The monoisotopic (exact) mass is 286 g/mol. The molecular weight excluding hydrogens is 264 g/mol. The van der Waals surface area contributed by atoms with Crippen LogP contribution >= 0.6 is 0 Å². The molecule has 0 N–H and O–H groups in total. The van der Waals surface area contributed by atoms with Gasteiger partial charge in [-0.25, -0.2) is 0 Å². The van der Waals surface area contributed by atoms with Crippen molar-refractivity contribution >= 4 is 5.91 Å². The molecule has 1 saturated heterocycles. The summed E-state index contributed by atoms with van der Waals surface area (Å²) >= 11 is 0. The zero-order chi connectivity index (χ0) is 15.1. The third-order valence-corrected chi connectivity index (χ3v) is 3.93. The minimum Gasteiger partial charge on any atom is -0.482 e. The number of piperidine rings is 1. The van der Waals surface area contributed by atoms with Crippen LogP contribution in [-0.2, 0) is 4.79 Å². The predicted octanol–water partition coefficient (Wildman–Crippen LogP) is 3.12. The van der Waals surface area contributed by atoms with Crippen molar-refractivity contribution in [1.29, 1.82) is 5.26 Å². The van der Waals surface area contributed by atoms with E-state index in [0.29, 0.717) is 17.4 Å². The number of nitriles is 1. The van der Waals surface area contributed by atoms with Gasteiger partial charge in [0.25, 0.3) is 5.91 Å². The molecule has 4 heteroatoms. The van der Waals surface area contributed by atoms with Crippen LogP contribution in [0.1, 0.15) is 44.6 Å². The number of amides is 1. The highest BCUT2D eigenvalue weighted by atomic mass is 16.5. The number of nitrogens with zero attached hydrogens (tertiary/aromatic N) is 2. The van der Waals surface area contributed by atoms with Gasteiger partial charge in [-0.2, -0.15) is 5.26 Å². The fourth-order valence-electron chi connectivity index (χ4n) is 2.87. The first kappa shape index (κ1) is 15.4. The fourth-order valence-corrected chi connectivity index (χ4v) is 2.87. The van der Waals surface area contributed by atoms with E-state index in [1.807, 2.05) is 4.90 Å². The van der Waals surface area contributed by atoms with Crippen LogP contribution in [0.3, 0.4) is 0 Å². The molecule has 0 spiro atoms. The van der Waals surface area contributed by atoms with Gasteiger partial charge in [-0.1, -0.05) is 25.5 Å². The van der Waals surface area contributed by atoms with Crippen LogP contribution in [0.15, 0.2) is 24.3 Å². The molecular formula is C17H22N2O2. The average molecular weight is 286 g/mol. The molecule has 1 aliphatic rings. The number of benzene rings is 1. The van der Waals surface area contributed by atoms with Crippen LogP contribution in [0, 0.1) is 11.3 Å². The Hall–Kier alpha value is -2.02. The van der Waals surface area contributed by atoms with Crippen LogP contribution in [0.2, 0.25) is 0 Å². The molecule has 1 atom stereocenters. The van der Waals surface area contributed by atoms with Crippen molar-refractivity contribution in [2.24, 2.45) is 0 Å². The highest BCUT2D eigenvalue weighted by molar-refractivity contribution is 5.78. The lowest BCUT2D eigenvalue weighted by molar-refractivity contribution is -0.137. The molecule has 4 nitrogen and oxygen atoms in total. The maximum absolute atomic E-state index is 12.4. The summed E-state index contributed by atoms with van der Waals surface area (Å²) in [6.45, 7) is 2.99. The van der Waals surface area contributed by atoms with E-state index in [4.69, 9.17) is 10.00 Å². The van der Waals surface area contributed by atoms with Gasteiger partial charge >= 0.3 is 0 Å². The highest BCUT2D eigenvalue weighted by Gasteiger charge is 2.26. The average Bonchev–Trinajstić information content (AvgIpc) is 2.53. The Bertz CT molecular complexity index is 520. The Morgan fingerprint density at radius 1 is 1.43 bits per heavy atom. The number of carbonyl (C=O) groups excluding carboxylic acids is 1. The molecule has 1 amide bonds. The van der Waals surface area contributed by atoms with Crippen LogP contribution in [-0.4, -0.2) is 30.0 Å². The SMILES string of the molecule is CCCC1CCCCN1C(=O)COc1ccccc1C#N. The number of hydrogen-bond donors (Lipinski definition) is 0. The Morgan fingerprint density at radius 3 is 3.00 bits per heavy atom. The Kier molecular flexibility index (Phi) is 5.62. The Labute approximate surface area is 126 Å². The normalized spacial score (nSPS) is 18.1. The van der Waals surface area contributed by atoms with Gasteiger partial charge in [0.2, 0.25) is 0 Å². The quantitative estimate of drug-likeness (QED) is 0.835. The van der Waals surface area contributed by atoms with Gasteiger partial charge < -0.3 is 9.64 Å². The summed E-state index contributed by atoms with van der Waals surface area (Å²) in [4.78, 5) is 14.3. The smallest absolute Gasteiger partial charge is 0.260 e. The number of rotatable bonds is 5. The van der Waals surface area contributed by atoms with E-state index in [0.717, 1.165) is 32.2 Å². The third-order valence-electron chi connectivity index (χ3n) is 3.93. The summed E-state index contributed by atoms with van der Waals surface area (Å²) in [6, 6.07) is 9.45. The largest absolute Gasteiger partial charge is 0.482 e. The van der Waals surface area contributed by atoms with Crippen molar-refractivity contribution in [2.45, 2.75) is 45.1 Å². The Balaban J connectivity index is 1.96. The number of hydrogen-bond acceptors (Lipinski definition) is 3. The molecule has 0 radical (unpaired) electrons.